The van der Waals surface area contributed by atoms with Gasteiger partial charge in [0.05, 0.1) is 19.8 Å². The molecule has 2 unspecified atom stereocenters. The fourth-order valence-electron chi connectivity index (χ4n) is 2.68. The molecule has 1 aromatic rings. The number of nitrogens with zero attached hydrogens (tertiary/aromatic N) is 1. The summed E-state index contributed by atoms with van der Waals surface area (Å²) in [5.74, 6) is 0.527. The molecule has 212 valence electrons. The van der Waals surface area contributed by atoms with Crippen LogP contribution < -0.4 is 4.52 Å². The third-order valence-corrected chi connectivity index (χ3v) is 9.47. The monoisotopic (exact) mass is 667 g/mol. The van der Waals surface area contributed by atoms with Crippen LogP contribution >= 0.6 is 37.8 Å². The number of benzene rings is 1. The minimum atomic E-state index is -4.47. The maximum absolute atomic E-state index is 9.29. The Morgan fingerprint density at radius 2 is 1.28 bits per heavy atom. The molecule has 0 aliphatic carbocycles. The SMILES string of the molecule is O[PH](O)(O)CN(CCc1ccc(O[PH](=S)OCCCO[PH](=S)OCCCOP=S)cc1)C[PH](O)(O)O. The van der Waals surface area contributed by atoms with Gasteiger partial charge < -0.3 is 13.6 Å². The fraction of sp³-hybridized carbons (Fsp3) is 0.625. The minimum absolute atomic E-state index is 0.149. The average molecular weight is 668 g/mol. The van der Waals surface area contributed by atoms with Crippen molar-refractivity contribution in [2.24, 2.45) is 0 Å². The summed E-state index contributed by atoms with van der Waals surface area (Å²) in [6, 6.07) is 6.95. The molecule has 0 aliphatic heterocycles. The Bertz CT molecular complexity index is 798. The van der Waals surface area contributed by atoms with Crippen LogP contribution in [0.3, 0.4) is 0 Å². The van der Waals surface area contributed by atoms with E-state index in [9.17, 15) is 29.4 Å². The van der Waals surface area contributed by atoms with Gasteiger partial charge in [0.25, 0.3) is 0 Å². The van der Waals surface area contributed by atoms with E-state index in [4.69, 9.17) is 46.2 Å². The molecule has 20 heteroatoms. The molecule has 6 N–H and O–H groups in total. The van der Waals surface area contributed by atoms with Gasteiger partial charge in [-0.3, -0.25) is 0 Å². The standard InChI is InChI=1S/C16H34NO11P5S3/c18-32(19,20)13-17(14-33(21,22)23)8-7-15-3-5-16(6-4-15)28-31(36)27-12-2-11-26-30(35)25-10-1-9-24-29-34/h3-6,18-23,30-33H,1-2,7-14H2. The summed E-state index contributed by atoms with van der Waals surface area (Å²) in [6.45, 7) is 1.90. The van der Waals surface area contributed by atoms with Crippen molar-refractivity contribution < 1.29 is 52.0 Å². The second-order valence-electron chi connectivity index (χ2n) is 7.42. The van der Waals surface area contributed by atoms with Gasteiger partial charge in [0.15, 0.2) is 7.15 Å². The first-order valence-electron chi connectivity index (χ1n) is 10.6. The van der Waals surface area contributed by atoms with Crippen molar-refractivity contribution in [3.8, 4) is 5.75 Å². The quantitative estimate of drug-likeness (QED) is 0.0830. The Balaban J connectivity index is 2.30. The molecule has 0 heterocycles. The summed E-state index contributed by atoms with van der Waals surface area (Å²) in [5.41, 5.74) is 0.835. The first kappa shape index (κ1) is 35.3. The van der Waals surface area contributed by atoms with E-state index in [2.05, 4.69) is 11.8 Å². The summed E-state index contributed by atoms with van der Waals surface area (Å²) in [6.07, 6.45) is 0.575. The summed E-state index contributed by atoms with van der Waals surface area (Å²) in [5, 5.41) is 0. The zero-order valence-corrected chi connectivity index (χ0v) is 26.6. The summed E-state index contributed by atoms with van der Waals surface area (Å²) < 4.78 is 27.1. The van der Waals surface area contributed by atoms with E-state index < -0.39 is 42.8 Å². The van der Waals surface area contributed by atoms with Gasteiger partial charge in [0, 0.05) is 0 Å². The van der Waals surface area contributed by atoms with E-state index in [1.807, 2.05) is 0 Å². The predicted molar refractivity (Wildman–Crippen MR) is 156 cm³/mol. The first-order chi connectivity index (χ1) is 16.9. The van der Waals surface area contributed by atoms with Gasteiger partial charge in [-0.1, -0.05) is 0 Å². The van der Waals surface area contributed by atoms with Gasteiger partial charge >= 0.3 is 146 Å². The summed E-state index contributed by atoms with van der Waals surface area (Å²) in [4.78, 5) is 57.0. The molecule has 0 saturated carbocycles. The molecule has 1 aromatic carbocycles. The van der Waals surface area contributed by atoms with E-state index in [1.165, 1.54) is 4.90 Å². The van der Waals surface area contributed by atoms with Crippen LogP contribution in [-0.2, 0) is 59.9 Å². The zero-order valence-electron chi connectivity index (χ0n) is 19.2. The fourth-order valence-corrected chi connectivity index (χ4v) is 7.51. The Morgan fingerprint density at radius 3 is 1.78 bits per heavy atom. The second kappa shape index (κ2) is 19.4. The van der Waals surface area contributed by atoms with E-state index in [0.717, 1.165) is 5.56 Å². The molecule has 0 saturated heterocycles. The maximum atomic E-state index is 9.29. The van der Waals surface area contributed by atoms with Gasteiger partial charge in [-0.25, -0.2) is 0 Å². The molecule has 36 heavy (non-hydrogen) atoms. The van der Waals surface area contributed by atoms with Crippen LogP contribution in [0.15, 0.2) is 24.3 Å². The normalized spacial score (nSPS) is 15.2. The van der Waals surface area contributed by atoms with E-state index >= 15 is 0 Å². The summed E-state index contributed by atoms with van der Waals surface area (Å²) in [7, 11) is -12.2. The van der Waals surface area contributed by atoms with Crippen molar-refractivity contribution in [1.29, 1.82) is 0 Å². The van der Waals surface area contributed by atoms with Crippen LogP contribution in [0.1, 0.15) is 18.4 Å². The van der Waals surface area contributed by atoms with Crippen LogP contribution in [-0.4, -0.2) is 79.8 Å². The zero-order chi connectivity index (χ0) is 27.0. The van der Waals surface area contributed by atoms with Gasteiger partial charge in [0.2, 0.25) is 0 Å². The van der Waals surface area contributed by atoms with Crippen molar-refractivity contribution in [2.45, 2.75) is 19.3 Å². The average Bonchev–Trinajstić information content (AvgIpc) is 2.76. The molecular weight excluding hydrogens is 633 g/mol. The number of hydrogen-bond acceptors (Lipinski definition) is 15. The number of hydrogen-bond donors (Lipinski definition) is 6. The van der Waals surface area contributed by atoms with E-state index in [0.29, 0.717) is 59.0 Å². The number of rotatable bonds is 21. The van der Waals surface area contributed by atoms with Crippen LogP contribution in [0.4, 0.5) is 0 Å². The Labute approximate surface area is 229 Å². The van der Waals surface area contributed by atoms with Gasteiger partial charge in [-0.2, -0.15) is 0 Å². The van der Waals surface area contributed by atoms with Crippen LogP contribution in [0.5, 0.6) is 5.75 Å². The van der Waals surface area contributed by atoms with Gasteiger partial charge in [-0.05, 0) is 36.5 Å². The van der Waals surface area contributed by atoms with Crippen LogP contribution in [0.25, 0.3) is 0 Å². The molecule has 0 amide bonds. The summed E-state index contributed by atoms with van der Waals surface area (Å²) >= 11 is 15.0. The molecule has 0 fully saturated rings. The van der Waals surface area contributed by atoms with Crippen LogP contribution in [0.2, 0.25) is 0 Å². The van der Waals surface area contributed by atoms with Crippen molar-refractivity contribution in [1.82, 2.24) is 4.90 Å². The van der Waals surface area contributed by atoms with E-state index in [-0.39, 0.29) is 6.54 Å². The molecule has 0 bridgehead atoms. The second-order valence-corrected chi connectivity index (χ2v) is 16.1. The molecule has 0 spiro atoms. The van der Waals surface area contributed by atoms with Crippen molar-refractivity contribution >= 4 is 73.2 Å². The molecule has 0 radical (unpaired) electrons. The Morgan fingerprint density at radius 1 is 0.778 bits per heavy atom. The topological polar surface area (TPSA) is 171 Å². The Kier molecular flexibility index (Phi) is 19.0. The third-order valence-electron chi connectivity index (χ3n) is 4.09. The first-order valence-corrected chi connectivity index (χ1v) is 21.4. The Hall–Kier alpha value is 1.26. The van der Waals surface area contributed by atoms with E-state index in [1.54, 1.807) is 24.3 Å². The third kappa shape index (κ3) is 20.2. The molecule has 2 atom stereocenters. The van der Waals surface area contributed by atoms with Gasteiger partial charge in [-0.15, -0.1) is 0 Å². The van der Waals surface area contributed by atoms with Crippen molar-refractivity contribution in [3.63, 3.8) is 0 Å². The predicted octanol–water partition coefficient (Wildman–Crippen LogP) is 1.95. The molecular formula is C16H34NO11P5S3. The molecule has 12 nitrogen and oxygen atoms in total. The van der Waals surface area contributed by atoms with Crippen molar-refractivity contribution in [3.05, 3.63) is 29.8 Å². The van der Waals surface area contributed by atoms with Crippen molar-refractivity contribution in [2.75, 3.05) is 45.5 Å². The molecule has 0 aliphatic rings. The van der Waals surface area contributed by atoms with Gasteiger partial charge in [0.1, 0.15) is 7.58 Å². The molecule has 1 rings (SSSR count). The molecule has 0 aromatic heterocycles. The van der Waals surface area contributed by atoms with Crippen LogP contribution in [0, 0.1) is 0 Å².